The summed E-state index contributed by atoms with van der Waals surface area (Å²) in [4.78, 5) is 10.1. The average molecular weight is 219 g/mol. The Morgan fingerprint density at radius 1 is 1.50 bits per heavy atom. The molecule has 2 N–H and O–H groups in total. The van der Waals surface area contributed by atoms with Gasteiger partial charge in [0.05, 0.1) is 24.6 Å². The van der Waals surface area contributed by atoms with Crippen molar-refractivity contribution in [3.63, 3.8) is 0 Å². The summed E-state index contributed by atoms with van der Waals surface area (Å²) in [5.41, 5.74) is -1.50. The number of hydrogen-bond acceptors (Lipinski definition) is 4. The van der Waals surface area contributed by atoms with Crippen LogP contribution >= 0.6 is 0 Å². The van der Waals surface area contributed by atoms with Crippen LogP contribution < -0.4 is 63.3 Å². The number of carboxylic acids is 1. The Morgan fingerprint density at radius 2 is 1.80 bits per heavy atom. The zero-order chi connectivity index (χ0) is 7.49. The Morgan fingerprint density at radius 3 is 1.80 bits per heavy atom. The molecule has 0 saturated carbocycles. The predicted octanol–water partition coefficient (Wildman–Crippen LogP) is -5.27. The molecule has 5 heteroatoms. The van der Waals surface area contributed by atoms with E-state index in [-0.39, 0.29) is 58.2 Å². The molecule has 0 radical (unpaired) electrons. The van der Waals surface area contributed by atoms with Crippen molar-refractivity contribution in [1.82, 2.24) is 0 Å². The molecule has 0 spiro atoms. The number of carboxylic acid groups (broad SMARTS) is 1. The topological polar surface area (TPSA) is 80.6 Å². The zero-order valence-corrected chi connectivity index (χ0v) is 11.0. The van der Waals surface area contributed by atoms with E-state index in [9.17, 15) is 9.90 Å². The van der Waals surface area contributed by atoms with Crippen molar-refractivity contribution >= 4 is 5.97 Å². The van der Waals surface area contributed by atoms with E-state index in [0.717, 1.165) is 0 Å². The van der Waals surface area contributed by atoms with E-state index < -0.39 is 24.6 Å². The van der Waals surface area contributed by atoms with Crippen molar-refractivity contribution in [3.05, 3.63) is 0 Å². The standard InChI is InChI=1S/C5H10O4.Rb/c1-5(2-6,3-7)4(8)9;/h6-7H,2-3H2,1H3,(H,8,9);/q;+1/p-1. The minimum absolute atomic E-state index is 0. The summed E-state index contributed by atoms with van der Waals surface area (Å²) in [6.07, 6.45) is 0. The van der Waals surface area contributed by atoms with Gasteiger partial charge in [0.2, 0.25) is 0 Å². The van der Waals surface area contributed by atoms with Crippen LogP contribution in [0, 0.1) is 5.41 Å². The Kier molecular flexibility index (Phi) is 7.98. The summed E-state index contributed by atoms with van der Waals surface area (Å²) < 4.78 is 0. The van der Waals surface area contributed by atoms with Gasteiger partial charge in [-0.2, -0.15) is 0 Å². The molecule has 54 valence electrons. The molecule has 0 aliphatic rings. The number of aliphatic hydroxyl groups is 2. The van der Waals surface area contributed by atoms with Crippen molar-refractivity contribution in [3.8, 4) is 0 Å². The maximum absolute atomic E-state index is 10.1. The normalized spacial score (nSPS) is 10.3. The molecule has 0 aliphatic carbocycles. The first-order chi connectivity index (χ1) is 4.06. The molecule has 0 amide bonds. The fraction of sp³-hybridized carbons (Fsp3) is 0.800. The van der Waals surface area contributed by atoms with Crippen molar-refractivity contribution in [2.24, 2.45) is 5.41 Å². The first-order valence-electron chi connectivity index (χ1n) is 2.50. The van der Waals surface area contributed by atoms with Gasteiger partial charge in [-0.1, -0.05) is 0 Å². The second-order valence-electron chi connectivity index (χ2n) is 2.16. The number of aliphatic hydroxyl groups excluding tert-OH is 2. The molecular formula is C5H9O4Rb. The fourth-order valence-electron chi connectivity index (χ4n) is 0.179. The second-order valence-corrected chi connectivity index (χ2v) is 2.16. The third-order valence-electron chi connectivity index (χ3n) is 1.19. The second kappa shape index (κ2) is 5.80. The van der Waals surface area contributed by atoms with E-state index in [1.165, 1.54) is 6.92 Å². The largest absolute Gasteiger partial charge is 1.00 e. The van der Waals surface area contributed by atoms with E-state index >= 15 is 0 Å². The molecule has 0 aromatic rings. The smallest absolute Gasteiger partial charge is 0.549 e. The molecule has 0 unspecified atom stereocenters. The molecule has 0 fully saturated rings. The van der Waals surface area contributed by atoms with Gasteiger partial charge in [-0.05, 0) is 6.92 Å². The van der Waals surface area contributed by atoms with Gasteiger partial charge in [-0.15, -0.1) is 0 Å². The maximum atomic E-state index is 10.1. The van der Waals surface area contributed by atoms with Crippen LogP contribution in [0.2, 0.25) is 0 Å². The molecule has 0 aliphatic heterocycles. The van der Waals surface area contributed by atoms with Gasteiger partial charge in [0, 0.05) is 0 Å². The van der Waals surface area contributed by atoms with Crippen molar-refractivity contribution < 1.29 is 78.3 Å². The molecule has 0 rings (SSSR count). The number of carbonyl (C=O) groups is 1. The summed E-state index contributed by atoms with van der Waals surface area (Å²) in [5.74, 6) is -1.44. The summed E-state index contributed by atoms with van der Waals surface area (Å²) in [6, 6.07) is 0. The van der Waals surface area contributed by atoms with Crippen LogP contribution in [0.15, 0.2) is 0 Å². The molecule has 10 heavy (non-hydrogen) atoms. The van der Waals surface area contributed by atoms with E-state index in [1.807, 2.05) is 0 Å². The van der Waals surface area contributed by atoms with Crippen LogP contribution in [-0.2, 0) is 4.79 Å². The molecule has 0 bridgehead atoms. The van der Waals surface area contributed by atoms with Crippen LogP contribution in [0.5, 0.6) is 0 Å². The Hall–Kier alpha value is 1.20. The van der Waals surface area contributed by atoms with Gasteiger partial charge < -0.3 is 20.1 Å². The SMILES string of the molecule is CC(CO)(CO)C(=O)[O-].[Rb+]. The predicted molar refractivity (Wildman–Crippen MR) is 27.3 cm³/mol. The monoisotopic (exact) mass is 218 g/mol. The summed E-state index contributed by atoms with van der Waals surface area (Å²) in [6.45, 7) is -0.000000000000000666. The van der Waals surface area contributed by atoms with E-state index in [4.69, 9.17) is 10.2 Å². The molecule has 0 saturated heterocycles. The summed E-state index contributed by atoms with van der Waals surface area (Å²) >= 11 is 0. The third-order valence-corrected chi connectivity index (χ3v) is 1.19. The molecular weight excluding hydrogens is 210 g/mol. The van der Waals surface area contributed by atoms with Gasteiger partial charge >= 0.3 is 58.2 Å². The third kappa shape index (κ3) is 3.55. The van der Waals surface area contributed by atoms with Crippen LogP contribution in [0.1, 0.15) is 6.92 Å². The van der Waals surface area contributed by atoms with Crippen molar-refractivity contribution in [2.75, 3.05) is 13.2 Å². The maximum Gasteiger partial charge on any atom is 1.00 e. The number of carbonyl (C=O) groups excluding carboxylic acids is 1. The number of aliphatic carboxylic acids is 1. The van der Waals surface area contributed by atoms with E-state index in [0.29, 0.717) is 0 Å². The molecule has 0 aromatic carbocycles. The number of hydrogen-bond donors (Lipinski definition) is 2. The fourth-order valence-corrected chi connectivity index (χ4v) is 0.179. The summed E-state index contributed by atoms with van der Waals surface area (Å²) in [5, 5.41) is 26.8. The van der Waals surface area contributed by atoms with Crippen LogP contribution in [-0.4, -0.2) is 29.4 Å². The first kappa shape index (κ1) is 13.8. The molecule has 0 aromatic heterocycles. The number of rotatable bonds is 3. The van der Waals surface area contributed by atoms with Crippen LogP contribution in [0.3, 0.4) is 0 Å². The van der Waals surface area contributed by atoms with E-state index in [2.05, 4.69) is 0 Å². The molecule has 4 nitrogen and oxygen atoms in total. The zero-order valence-electron chi connectivity index (χ0n) is 6.13. The van der Waals surface area contributed by atoms with Crippen molar-refractivity contribution in [1.29, 1.82) is 0 Å². The van der Waals surface area contributed by atoms with Gasteiger partial charge in [0.15, 0.2) is 0 Å². The van der Waals surface area contributed by atoms with Crippen LogP contribution in [0.4, 0.5) is 0 Å². The Labute approximate surface area is 108 Å². The van der Waals surface area contributed by atoms with Crippen LogP contribution in [0.25, 0.3) is 0 Å². The quantitative estimate of drug-likeness (QED) is 0.496. The van der Waals surface area contributed by atoms with Gasteiger partial charge in [-0.3, -0.25) is 0 Å². The first-order valence-corrected chi connectivity index (χ1v) is 2.50. The Bertz CT molecular complexity index is 110. The average Bonchev–Trinajstić information content (AvgIpc) is 1.86. The molecule has 0 heterocycles. The Balaban J connectivity index is 0. The molecule has 0 atom stereocenters. The van der Waals surface area contributed by atoms with E-state index in [1.54, 1.807) is 0 Å². The van der Waals surface area contributed by atoms with Crippen molar-refractivity contribution in [2.45, 2.75) is 6.92 Å². The summed E-state index contributed by atoms with van der Waals surface area (Å²) in [7, 11) is 0. The minimum atomic E-state index is -1.50. The van der Waals surface area contributed by atoms with Gasteiger partial charge in [-0.25, -0.2) is 0 Å². The van der Waals surface area contributed by atoms with Gasteiger partial charge in [0.1, 0.15) is 0 Å². The minimum Gasteiger partial charge on any atom is -0.549 e. The van der Waals surface area contributed by atoms with Gasteiger partial charge in [0.25, 0.3) is 0 Å².